The van der Waals surface area contributed by atoms with Crippen LogP contribution in [0, 0.1) is 0 Å². The number of rotatable bonds is 31. The van der Waals surface area contributed by atoms with Crippen molar-refractivity contribution in [1.29, 1.82) is 0 Å². The monoisotopic (exact) mass is 1730 g/mol. The van der Waals surface area contributed by atoms with Crippen LogP contribution in [0.1, 0.15) is 110 Å². The van der Waals surface area contributed by atoms with E-state index in [1.54, 1.807) is 36.8 Å². The van der Waals surface area contributed by atoms with Gasteiger partial charge < -0.3 is 55.2 Å². The van der Waals surface area contributed by atoms with Crippen molar-refractivity contribution in [3.8, 4) is 50.9 Å². The lowest BCUT2D eigenvalue weighted by Gasteiger charge is -2.14. The van der Waals surface area contributed by atoms with E-state index < -0.39 is 0 Å². The number of benzene rings is 5. The maximum atomic E-state index is 11.7. The minimum atomic E-state index is -0.352. The molecule has 0 atom stereocenters. The SMILES string of the molecule is CN(C)c1ccc(-c2cccc3nc(Nc4ccc(CCCN5CCCC5)cc4)nn23)cn1.COC(=O)c1ccc(-c2cccc3nc(Nc4ccc(CCCN5CCCC5)cc4)nn23)cc1.COc1ncccc1-c1cccc2nc(Nc3ccc(CCCN4CCCC4)cc3)nn12.c1cc(-c2ccsc2)n2nc(Nc3ccc(CCCN4CCCC4)cc3)nc2c1. The summed E-state index contributed by atoms with van der Waals surface area (Å²) in [6.07, 6.45) is 23.8. The number of esters is 1. The molecule has 27 heteroatoms. The Labute approximate surface area is 752 Å². The number of ether oxygens (including phenoxy) is 2. The van der Waals surface area contributed by atoms with Crippen LogP contribution in [-0.4, -0.2) is 201 Å². The summed E-state index contributed by atoms with van der Waals surface area (Å²) in [7, 11) is 6.97. The summed E-state index contributed by atoms with van der Waals surface area (Å²) in [6, 6.07) is 75.5. The molecule has 656 valence electrons. The highest BCUT2D eigenvalue weighted by Crippen LogP contribution is 2.32. The fourth-order valence-electron chi connectivity index (χ4n) is 17.1. The molecule has 0 spiro atoms. The molecule has 26 nitrogen and oxygen atoms in total. The smallest absolute Gasteiger partial charge is 0.337 e. The average Bonchev–Trinajstić information content (AvgIpc) is 1.60. The third-order valence-electron chi connectivity index (χ3n) is 24.0. The third-order valence-corrected chi connectivity index (χ3v) is 24.7. The van der Waals surface area contributed by atoms with Gasteiger partial charge in [0.1, 0.15) is 5.82 Å². The summed E-state index contributed by atoms with van der Waals surface area (Å²) in [5.41, 5.74) is 20.8. The maximum Gasteiger partial charge on any atom is 0.337 e. The van der Waals surface area contributed by atoms with Gasteiger partial charge in [0.25, 0.3) is 0 Å². The van der Waals surface area contributed by atoms with Crippen LogP contribution in [0.3, 0.4) is 0 Å². The quantitative estimate of drug-likeness (QED) is 0.0295. The number of pyridine rings is 6. The fraction of sp³-hybridized carbons (Fsp3) is 0.317. The normalized spacial score (nSPS) is 14.2. The second-order valence-corrected chi connectivity index (χ2v) is 34.1. The highest BCUT2D eigenvalue weighted by molar-refractivity contribution is 7.08. The second kappa shape index (κ2) is 42.8. The van der Waals surface area contributed by atoms with E-state index in [1.807, 2.05) is 140 Å². The third kappa shape index (κ3) is 22.7. The number of anilines is 9. The Morgan fingerprint density at radius 3 is 1.06 bits per heavy atom. The molecule has 4 N–H and O–H groups in total. The van der Waals surface area contributed by atoms with Gasteiger partial charge in [-0.1, -0.05) is 84.9 Å². The van der Waals surface area contributed by atoms with Gasteiger partial charge >= 0.3 is 5.97 Å². The summed E-state index contributed by atoms with van der Waals surface area (Å²) in [5, 5.41) is 36.3. The predicted molar refractivity (Wildman–Crippen MR) is 514 cm³/mol. The van der Waals surface area contributed by atoms with Crippen molar-refractivity contribution in [3.05, 3.63) is 275 Å². The largest absolute Gasteiger partial charge is 0.481 e. The summed E-state index contributed by atoms with van der Waals surface area (Å²) in [4.78, 5) is 51.4. The summed E-state index contributed by atoms with van der Waals surface area (Å²) < 4.78 is 17.6. The zero-order chi connectivity index (χ0) is 87.2. The highest BCUT2D eigenvalue weighted by Gasteiger charge is 2.20. The number of hydrogen-bond donors (Lipinski definition) is 4. The van der Waals surface area contributed by atoms with Gasteiger partial charge in [-0.05, 0) is 348 Å². The first kappa shape index (κ1) is 86.8. The minimum absolute atomic E-state index is 0.352. The lowest BCUT2D eigenvalue weighted by Crippen LogP contribution is -2.20. The number of fused-ring (bicyclic) bond motifs is 4. The van der Waals surface area contributed by atoms with Crippen LogP contribution in [0.4, 0.5) is 52.4 Å². The predicted octanol–water partition coefficient (Wildman–Crippen LogP) is 19.4. The Kier molecular flexibility index (Phi) is 29.0. The molecule has 0 unspecified atom stereocenters. The number of nitrogens with one attached hydrogen (secondary N) is 4. The average molecular weight is 1730 g/mol. The molecule has 5 aromatic carbocycles. The molecule has 4 saturated heterocycles. The first-order valence-corrected chi connectivity index (χ1v) is 46.1. The van der Waals surface area contributed by atoms with Gasteiger partial charge in [0.15, 0.2) is 22.6 Å². The van der Waals surface area contributed by atoms with Gasteiger partial charge in [-0.2, -0.15) is 31.3 Å². The topological polar surface area (TPSA) is 246 Å². The van der Waals surface area contributed by atoms with E-state index >= 15 is 0 Å². The number of nitrogens with zero attached hydrogens (tertiary/aromatic N) is 19. The Morgan fingerprint density at radius 2 is 0.727 bits per heavy atom. The van der Waals surface area contributed by atoms with Gasteiger partial charge in [-0.3, -0.25) is 0 Å². The van der Waals surface area contributed by atoms with Crippen molar-refractivity contribution in [2.24, 2.45) is 0 Å². The van der Waals surface area contributed by atoms with Gasteiger partial charge in [-0.25, -0.2) is 32.8 Å². The van der Waals surface area contributed by atoms with Gasteiger partial charge in [0.2, 0.25) is 29.7 Å². The molecule has 4 fully saturated rings. The summed E-state index contributed by atoms with van der Waals surface area (Å²) in [6.45, 7) is 15.0. The number of aryl methyl sites for hydroxylation is 4. The standard InChI is InChI=1S/C27H29N5O2.C26H31N7.C25H28N6O.C23H25N5S/c1-34-26(33)22-13-11-21(12-14-22)24-7-4-8-25-29-27(30-32(24)25)28-23-15-9-20(10-16-23)6-5-19-31-17-2-3-18-31;1-31(2)24-15-12-21(19-27-24)23-8-5-9-25-29-26(30-33(23)25)28-22-13-10-20(11-14-22)7-6-18-32-16-3-4-17-32;1-32-24-21(8-5-15-26-24)22-9-4-10-23-28-25(29-31(22)23)27-20-13-11-19(12-14-20)7-6-18-30-16-2-3-17-30;1-2-14-27(13-1)15-4-5-18-8-10-20(11-9-18)24-23-25-22-7-3-6-21(28(22)26-23)19-12-16-29-17-19/h4,7-16H,2-3,5-6,17-19H2,1H3,(H,28,30);5,8-15,19H,3-4,6-7,16-18H2,1-2H3,(H,28,30);4-5,8-15H,2-3,6-7,16-18H2,1H3,(H,27,29);3,6-12,16-17H,1-2,4-5,13-15H2,(H,24,26). The first-order chi connectivity index (χ1) is 63.0. The van der Waals surface area contributed by atoms with Crippen molar-refractivity contribution in [2.75, 3.05) is 133 Å². The minimum Gasteiger partial charge on any atom is -0.481 e. The van der Waals surface area contributed by atoms with E-state index in [9.17, 15) is 4.79 Å². The molecule has 20 rings (SSSR count). The van der Waals surface area contributed by atoms with E-state index in [4.69, 9.17) is 14.6 Å². The zero-order valence-electron chi connectivity index (χ0n) is 73.6. The molecule has 0 amide bonds. The van der Waals surface area contributed by atoms with E-state index in [0.717, 1.165) is 122 Å². The van der Waals surface area contributed by atoms with E-state index in [1.165, 1.54) is 185 Å². The van der Waals surface area contributed by atoms with E-state index in [0.29, 0.717) is 35.2 Å². The summed E-state index contributed by atoms with van der Waals surface area (Å²) in [5.74, 6) is 3.44. The van der Waals surface area contributed by atoms with Crippen molar-refractivity contribution in [1.82, 2.24) is 88.0 Å². The van der Waals surface area contributed by atoms with Crippen LogP contribution in [0.25, 0.3) is 67.6 Å². The molecule has 128 heavy (non-hydrogen) atoms. The summed E-state index contributed by atoms with van der Waals surface area (Å²) >= 11 is 1.69. The number of carbonyl (C=O) groups excluding carboxylic acids is 1. The Hall–Kier alpha value is -13.3. The molecular formula is C101H113N23O3S. The van der Waals surface area contributed by atoms with Crippen LogP contribution in [0.5, 0.6) is 5.88 Å². The Bertz CT molecular complexity index is 6210. The van der Waals surface area contributed by atoms with Crippen LogP contribution in [-0.2, 0) is 30.4 Å². The molecule has 0 radical (unpaired) electrons. The fourth-order valence-corrected chi connectivity index (χ4v) is 17.8. The Morgan fingerprint density at radius 1 is 0.375 bits per heavy atom. The number of hydrogen-bond acceptors (Lipinski definition) is 23. The number of thiophene rings is 1. The van der Waals surface area contributed by atoms with E-state index in [-0.39, 0.29) is 5.97 Å². The molecule has 0 aliphatic carbocycles. The molecule has 4 aliphatic rings. The highest BCUT2D eigenvalue weighted by atomic mass is 32.1. The molecule has 0 saturated carbocycles. The molecule has 15 heterocycles. The van der Waals surface area contributed by atoms with Crippen LogP contribution >= 0.6 is 11.3 Å². The number of methoxy groups -OCH3 is 2. The number of aromatic nitrogens is 14. The Balaban J connectivity index is 0.000000120. The first-order valence-electron chi connectivity index (χ1n) is 45.1. The molecule has 16 aromatic rings. The molecule has 4 aliphatic heterocycles. The van der Waals surface area contributed by atoms with Crippen molar-refractivity contribution < 1.29 is 14.3 Å². The van der Waals surface area contributed by atoms with E-state index in [2.05, 4.69) is 212 Å². The molecular weight excluding hydrogens is 1620 g/mol. The van der Waals surface area contributed by atoms with Crippen molar-refractivity contribution in [2.45, 2.75) is 103 Å². The molecule has 0 bridgehead atoms. The van der Waals surface area contributed by atoms with Crippen molar-refractivity contribution >= 4 is 92.3 Å². The van der Waals surface area contributed by atoms with Crippen LogP contribution < -0.4 is 30.9 Å². The van der Waals surface area contributed by atoms with Crippen LogP contribution in [0.15, 0.2) is 248 Å². The van der Waals surface area contributed by atoms with Crippen LogP contribution in [0.2, 0.25) is 0 Å². The van der Waals surface area contributed by atoms with Gasteiger partial charge in [0, 0.05) is 71.3 Å². The molecule has 11 aromatic heterocycles. The lowest BCUT2D eigenvalue weighted by atomic mass is 10.1. The van der Waals surface area contributed by atoms with Gasteiger partial charge in [-0.15, -0.1) is 20.4 Å². The van der Waals surface area contributed by atoms with Gasteiger partial charge in [0.05, 0.1) is 48.1 Å². The van der Waals surface area contributed by atoms with Crippen molar-refractivity contribution in [3.63, 3.8) is 0 Å². The number of carbonyl (C=O) groups is 1. The lowest BCUT2D eigenvalue weighted by molar-refractivity contribution is 0.0600. The zero-order valence-corrected chi connectivity index (χ0v) is 74.4. The maximum absolute atomic E-state index is 11.7. The number of likely N-dealkylation sites (tertiary alicyclic amines) is 4. The second-order valence-electron chi connectivity index (χ2n) is 33.3.